The van der Waals surface area contributed by atoms with E-state index < -0.39 is 0 Å². The van der Waals surface area contributed by atoms with Gasteiger partial charge < -0.3 is 4.74 Å². The average Bonchev–Trinajstić information content (AvgIpc) is 2.50. The zero-order chi connectivity index (χ0) is 11.3. The van der Waals surface area contributed by atoms with Crippen LogP contribution in [0.25, 0.3) is 0 Å². The van der Waals surface area contributed by atoms with Crippen molar-refractivity contribution in [2.75, 3.05) is 7.11 Å². The molecule has 2 nitrogen and oxygen atoms in total. The van der Waals surface area contributed by atoms with E-state index in [9.17, 15) is 4.79 Å². The molecule has 2 aliphatic carbocycles. The van der Waals surface area contributed by atoms with E-state index in [1.807, 2.05) is 6.07 Å². The van der Waals surface area contributed by atoms with Gasteiger partial charge >= 0.3 is 0 Å². The summed E-state index contributed by atoms with van der Waals surface area (Å²) >= 11 is 0. The third-order valence-electron chi connectivity index (χ3n) is 4.20. The van der Waals surface area contributed by atoms with Crippen LogP contribution in [0, 0.1) is 5.92 Å². The van der Waals surface area contributed by atoms with E-state index in [0.717, 1.165) is 25.0 Å². The third-order valence-corrected chi connectivity index (χ3v) is 4.20. The highest BCUT2D eigenvalue weighted by Gasteiger charge is 2.48. The van der Waals surface area contributed by atoms with E-state index in [-0.39, 0.29) is 5.41 Å². The summed E-state index contributed by atoms with van der Waals surface area (Å²) < 4.78 is 5.25. The number of benzene rings is 1. The zero-order valence-electron chi connectivity index (χ0n) is 9.75. The van der Waals surface area contributed by atoms with Crippen LogP contribution >= 0.6 is 0 Å². The molecule has 0 heterocycles. The fraction of sp³-hybridized carbons (Fsp3) is 0.500. The Balaban J connectivity index is 2.16. The standard InChI is InChI=1S/C14H16O2/c1-14-8-9(6-13(14)15)5-10-7-11(16-2)3-4-12(10)14/h3-4,7,9H,5-6,8H2,1-2H3. The van der Waals surface area contributed by atoms with Crippen LogP contribution in [0.15, 0.2) is 18.2 Å². The first-order valence-corrected chi connectivity index (χ1v) is 5.84. The highest BCUT2D eigenvalue weighted by Crippen LogP contribution is 2.48. The molecule has 84 valence electrons. The average molecular weight is 216 g/mol. The third kappa shape index (κ3) is 1.16. The van der Waals surface area contributed by atoms with Crippen molar-refractivity contribution in [3.8, 4) is 5.75 Å². The van der Waals surface area contributed by atoms with Crippen LogP contribution in [-0.4, -0.2) is 12.9 Å². The van der Waals surface area contributed by atoms with Crippen LogP contribution < -0.4 is 4.74 Å². The van der Waals surface area contributed by atoms with Gasteiger partial charge in [-0.3, -0.25) is 4.79 Å². The fourth-order valence-corrected chi connectivity index (χ4v) is 3.37. The second-order valence-corrected chi connectivity index (χ2v) is 5.26. The van der Waals surface area contributed by atoms with Gasteiger partial charge in [-0.15, -0.1) is 0 Å². The lowest BCUT2D eigenvalue weighted by Gasteiger charge is -2.30. The van der Waals surface area contributed by atoms with Gasteiger partial charge in [-0.2, -0.15) is 0 Å². The van der Waals surface area contributed by atoms with Crippen molar-refractivity contribution < 1.29 is 9.53 Å². The van der Waals surface area contributed by atoms with Crippen molar-refractivity contribution in [2.24, 2.45) is 5.92 Å². The maximum atomic E-state index is 12.1. The zero-order valence-corrected chi connectivity index (χ0v) is 9.75. The van der Waals surface area contributed by atoms with Gasteiger partial charge in [0.15, 0.2) is 0 Å². The summed E-state index contributed by atoms with van der Waals surface area (Å²) in [6.45, 7) is 2.10. The minimum atomic E-state index is -0.218. The number of carbonyl (C=O) groups is 1. The Bertz CT molecular complexity index is 464. The highest BCUT2D eigenvalue weighted by molar-refractivity contribution is 5.93. The fourth-order valence-electron chi connectivity index (χ4n) is 3.37. The van der Waals surface area contributed by atoms with Gasteiger partial charge in [0.1, 0.15) is 11.5 Å². The minimum Gasteiger partial charge on any atom is -0.497 e. The summed E-state index contributed by atoms with van der Waals surface area (Å²) in [5, 5.41) is 0. The van der Waals surface area contributed by atoms with Gasteiger partial charge in [-0.1, -0.05) is 6.07 Å². The molecule has 1 fully saturated rings. The van der Waals surface area contributed by atoms with Gasteiger partial charge in [0.05, 0.1) is 12.5 Å². The van der Waals surface area contributed by atoms with Crippen LogP contribution in [0.5, 0.6) is 5.75 Å². The first-order valence-electron chi connectivity index (χ1n) is 5.84. The number of ether oxygens (including phenoxy) is 1. The molecule has 3 rings (SSSR count). The summed E-state index contributed by atoms with van der Waals surface area (Å²) in [5.74, 6) is 1.87. The first kappa shape index (κ1) is 9.88. The predicted molar refractivity (Wildman–Crippen MR) is 61.8 cm³/mol. The maximum Gasteiger partial charge on any atom is 0.143 e. The Kier molecular flexibility index (Phi) is 1.91. The molecule has 2 aliphatic rings. The normalized spacial score (nSPS) is 31.4. The monoisotopic (exact) mass is 216 g/mol. The molecular weight excluding hydrogens is 200 g/mol. The Morgan fingerprint density at radius 1 is 1.38 bits per heavy atom. The summed E-state index contributed by atoms with van der Waals surface area (Å²) in [5.41, 5.74) is 2.32. The highest BCUT2D eigenvalue weighted by atomic mass is 16.5. The molecule has 1 aromatic carbocycles. The number of hydrogen-bond donors (Lipinski definition) is 0. The molecule has 2 atom stereocenters. The molecule has 2 bridgehead atoms. The van der Waals surface area contributed by atoms with Crippen molar-refractivity contribution in [3.63, 3.8) is 0 Å². The number of methoxy groups -OCH3 is 1. The van der Waals surface area contributed by atoms with Gasteiger partial charge in [0.25, 0.3) is 0 Å². The van der Waals surface area contributed by atoms with Crippen LogP contribution in [-0.2, 0) is 16.6 Å². The Hall–Kier alpha value is -1.31. The molecule has 2 heteroatoms. The van der Waals surface area contributed by atoms with E-state index in [1.54, 1.807) is 7.11 Å². The van der Waals surface area contributed by atoms with Crippen molar-refractivity contribution in [1.29, 1.82) is 0 Å². The quantitative estimate of drug-likeness (QED) is 0.721. The Labute approximate surface area is 95.6 Å². The molecule has 0 saturated heterocycles. The van der Waals surface area contributed by atoms with Gasteiger partial charge in [0, 0.05) is 6.42 Å². The summed E-state index contributed by atoms with van der Waals surface area (Å²) in [6.07, 6.45) is 2.83. The molecule has 0 N–H and O–H groups in total. The van der Waals surface area contributed by atoms with Crippen LogP contribution in [0.1, 0.15) is 30.9 Å². The van der Waals surface area contributed by atoms with Crippen molar-refractivity contribution in [2.45, 2.75) is 31.6 Å². The number of ketones is 1. The van der Waals surface area contributed by atoms with Crippen molar-refractivity contribution in [1.82, 2.24) is 0 Å². The summed E-state index contributed by atoms with van der Waals surface area (Å²) in [7, 11) is 1.69. The number of Topliss-reactive ketones (excluding diaryl/α,β-unsaturated/α-hetero) is 1. The van der Waals surface area contributed by atoms with Gasteiger partial charge in [0.2, 0.25) is 0 Å². The van der Waals surface area contributed by atoms with E-state index in [2.05, 4.69) is 19.1 Å². The number of fused-ring (bicyclic) bond motifs is 4. The van der Waals surface area contributed by atoms with E-state index >= 15 is 0 Å². The van der Waals surface area contributed by atoms with Crippen LogP contribution in [0.3, 0.4) is 0 Å². The predicted octanol–water partition coefficient (Wildman–Crippen LogP) is 2.49. The Morgan fingerprint density at radius 2 is 2.19 bits per heavy atom. The van der Waals surface area contributed by atoms with Crippen molar-refractivity contribution in [3.05, 3.63) is 29.3 Å². The molecule has 1 aromatic rings. The lowest BCUT2D eigenvalue weighted by Crippen LogP contribution is -2.30. The topological polar surface area (TPSA) is 26.3 Å². The minimum absolute atomic E-state index is 0.218. The van der Waals surface area contributed by atoms with Gasteiger partial charge in [-0.25, -0.2) is 0 Å². The summed E-state index contributed by atoms with van der Waals surface area (Å²) in [4.78, 5) is 12.1. The SMILES string of the molecule is COc1ccc2c(c1)CC1CC(=O)C2(C)C1. The molecule has 0 aromatic heterocycles. The molecule has 0 amide bonds. The molecule has 16 heavy (non-hydrogen) atoms. The van der Waals surface area contributed by atoms with Gasteiger partial charge in [-0.05, 0) is 48.9 Å². The molecule has 0 radical (unpaired) electrons. The number of carbonyl (C=O) groups excluding carboxylic acids is 1. The molecule has 2 unspecified atom stereocenters. The lowest BCUT2D eigenvalue weighted by molar-refractivity contribution is -0.121. The smallest absolute Gasteiger partial charge is 0.143 e. The van der Waals surface area contributed by atoms with E-state index in [4.69, 9.17) is 4.74 Å². The second kappa shape index (κ2) is 3.09. The largest absolute Gasteiger partial charge is 0.497 e. The van der Waals surface area contributed by atoms with Crippen LogP contribution in [0.4, 0.5) is 0 Å². The molecule has 0 spiro atoms. The first-order chi connectivity index (χ1) is 7.63. The van der Waals surface area contributed by atoms with E-state index in [0.29, 0.717) is 11.7 Å². The number of rotatable bonds is 1. The van der Waals surface area contributed by atoms with E-state index in [1.165, 1.54) is 11.1 Å². The Morgan fingerprint density at radius 3 is 2.94 bits per heavy atom. The van der Waals surface area contributed by atoms with Crippen LogP contribution in [0.2, 0.25) is 0 Å². The van der Waals surface area contributed by atoms with Crippen molar-refractivity contribution >= 4 is 5.78 Å². The molecule has 1 saturated carbocycles. The maximum absolute atomic E-state index is 12.1. The molecular formula is C14H16O2. The summed E-state index contributed by atoms with van der Waals surface area (Å²) in [6, 6.07) is 6.14. The number of hydrogen-bond acceptors (Lipinski definition) is 2. The second-order valence-electron chi connectivity index (χ2n) is 5.26. The molecule has 0 aliphatic heterocycles. The lowest BCUT2D eigenvalue weighted by atomic mass is 9.72.